The monoisotopic (exact) mass is 548 g/mol. The number of alkyl halides is 1. The molecule has 2 aliphatic heterocycles. The molecule has 1 saturated heterocycles. The molecule has 2 aromatic rings. The molecule has 0 N–H and O–H groups in total. The molecule has 1 saturated carbocycles. The van der Waals surface area contributed by atoms with Crippen LogP contribution in [-0.4, -0.2) is 35.3 Å². The molecule has 0 unspecified atom stereocenters. The van der Waals surface area contributed by atoms with Gasteiger partial charge in [-0.1, -0.05) is 77.0 Å². The first-order valence-electron chi connectivity index (χ1n) is 11.5. The summed E-state index contributed by atoms with van der Waals surface area (Å²) in [5.41, 5.74) is 5.45. The standard InChI is InChI=1S/C26H30ClIN2O/c27-24-14-19(8-9-21(24)15-28)16-29-12-10-26(11-13-29)18-30(25(31)20-5-3-6-20)17-22-4-1-2-7-23(22)26/h1-2,4,7-9,14,20H,3,5-6,10-13,15-18H2. The van der Waals surface area contributed by atoms with Gasteiger partial charge in [0.1, 0.15) is 0 Å². The van der Waals surface area contributed by atoms with Crippen LogP contribution in [0.15, 0.2) is 42.5 Å². The van der Waals surface area contributed by atoms with Crippen molar-refractivity contribution in [2.24, 2.45) is 5.92 Å². The summed E-state index contributed by atoms with van der Waals surface area (Å²) in [7, 11) is 0. The Hall–Kier alpha value is -1.11. The van der Waals surface area contributed by atoms with Crippen LogP contribution in [0.5, 0.6) is 0 Å². The summed E-state index contributed by atoms with van der Waals surface area (Å²) >= 11 is 8.81. The van der Waals surface area contributed by atoms with E-state index in [-0.39, 0.29) is 11.3 Å². The van der Waals surface area contributed by atoms with Crippen LogP contribution in [0.1, 0.15) is 54.4 Å². The average Bonchev–Trinajstić information content (AvgIpc) is 2.74. The van der Waals surface area contributed by atoms with Crippen molar-refractivity contribution in [2.75, 3.05) is 19.6 Å². The molecule has 2 fully saturated rings. The fraction of sp³-hybridized carbons (Fsp3) is 0.500. The van der Waals surface area contributed by atoms with Crippen molar-refractivity contribution >= 4 is 40.1 Å². The van der Waals surface area contributed by atoms with Crippen molar-refractivity contribution < 1.29 is 4.79 Å². The van der Waals surface area contributed by atoms with Crippen LogP contribution >= 0.6 is 34.2 Å². The number of rotatable bonds is 4. The van der Waals surface area contributed by atoms with Crippen molar-refractivity contribution in [3.63, 3.8) is 0 Å². The van der Waals surface area contributed by atoms with E-state index in [0.29, 0.717) is 5.91 Å². The Morgan fingerprint density at radius 1 is 1.13 bits per heavy atom. The smallest absolute Gasteiger partial charge is 0.226 e. The summed E-state index contributed by atoms with van der Waals surface area (Å²) in [6.45, 7) is 4.75. The van der Waals surface area contributed by atoms with Gasteiger partial charge < -0.3 is 4.90 Å². The highest BCUT2D eigenvalue weighted by atomic mass is 127. The molecule has 0 radical (unpaired) electrons. The highest BCUT2D eigenvalue weighted by Gasteiger charge is 2.44. The van der Waals surface area contributed by atoms with Gasteiger partial charge in [-0.25, -0.2) is 0 Å². The van der Waals surface area contributed by atoms with Gasteiger partial charge in [-0.15, -0.1) is 0 Å². The predicted octanol–water partition coefficient (Wildman–Crippen LogP) is 5.95. The Balaban J connectivity index is 1.31. The molecule has 3 aliphatic rings. The lowest BCUT2D eigenvalue weighted by Gasteiger charge is -2.49. The van der Waals surface area contributed by atoms with Gasteiger partial charge in [0.15, 0.2) is 0 Å². The van der Waals surface area contributed by atoms with Gasteiger partial charge in [0.2, 0.25) is 5.91 Å². The second kappa shape index (κ2) is 9.03. The first-order valence-corrected chi connectivity index (χ1v) is 13.4. The fourth-order valence-corrected chi connectivity index (χ4v) is 6.74. The van der Waals surface area contributed by atoms with Gasteiger partial charge in [-0.2, -0.15) is 0 Å². The van der Waals surface area contributed by atoms with Crippen molar-refractivity contribution in [2.45, 2.75) is 55.0 Å². The maximum Gasteiger partial charge on any atom is 0.226 e. The number of halogens is 2. The molecular formula is C26H30ClIN2O. The number of carbonyl (C=O) groups excluding carboxylic acids is 1. The van der Waals surface area contributed by atoms with Crippen LogP contribution in [-0.2, 0) is 27.7 Å². The van der Waals surface area contributed by atoms with Gasteiger partial charge in [0, 0.05) is 40.4 Å². The average molecular weight is 549 g/mol. The molecule has 1 aliphatic carbocycles. The third-order valence-electron chi connectivity index (χ3n) is 7.69. The van der Waals surface area contributed by atoms with E-state index >= 15 is 0 Å². The largest absolute Gasteiger partial charge is 0.337 e. The zero-order chi connectivity index (χ0) is 21.4. The lowest BCUT2D eigenvalue weighted by Crippen LogP contribution is -2.54. The molecule has 31 heavy (non-hydrogen) atoms. The quantitative estimate of drug-likeness (QED) is 0.348. The zero-order valence-corrected chi connectivity index (χ0v) is 20.9. The lowest BCUT2D eigenvalue weighted by molar-refractivity contribution is -0.140. The number of likely N-dealkylation sites (tertiary alicyclic amines) is 1. The second-order valence-electron chi connectivity index (χ2n) is 9.60. The summed E-state index contributed by atoms with van der Waals surface area (Å²) < 4.78 is 0.943. The fourth-order valence-electron chi connectivity index (χ4n) is 5.58. The maximum absolute atomic E-state index is 13.1. The minimum Gasteiger partial charge on any atom is -0.337 e. The Morgan fingerprint density at radius 2 is 1.90 bits per heavy atom. The molecule has 164 valence electrons. The minimum absolute atomic E-state index is 0.105. The minimum atomic E-state index is 0.105. The molecule has 3 nitrogen and oxygen atoms in total. The molecule has 1 spiro atoms. The normalized spacial score (nSPS) is 21.0. The van der Waals surface area contributed by atoms with Crippen molar-refractivity contribution in [3.8, 4) is 0 Å². The number of fused-ring (bicyclic) bond motifs is 2. The van der Waals surface area contributed by atoms with Gasteiger partial charge in [-0.05, 0) is 67.1 Å². The summed E-state index contributed by atoms with van der Waals surface area (Å²) in [5.74, 6) is 0.671. The summed E-state index contributed by atoms with van der Waals surface area (Å²) in [4.78, 5) is 17.8. The highest BCUT2D eigenvalue weighted by Crippen LogP contribution is 2.43. The number of piperidine rings is 1. The third kappa shape index (κ3) is 4.28. The van der Waals surface area contributed by atoms with E-state index in [2.05, 4.69) is 74.9 Å². The molecule has 0 atom stereocenters. The van der Waals surface area contributed by atoms with Gasteiger partial charge in [0.05, 0.1) is 0 Å². The Kier molecular flexibility index (Phi) is 6.33. The third-order valence-corrected chi connectivity index (χ3v) is 8.86. The Labute approximate surface area is 204 Å². The summed E-state index contributed by atoms with van der Waals surface area (Å²) in [6, 6.07) is 15.4. The topological polar surface area (TPSA) is 23.6 Å². The predicted molar refractivity (Wildman–Crippen MR) is 135 cm³/mol. The van der Waals surface area contributed by atoms with Crippen LogP contribution in [0, 0.1) is 5.92 Å². The molecule has 2 heterocycles. The van der Waals surface area contributed by atoms with Gasteiger partial charge in [-0.3, -0.25) is 9.69 Å². The number of benzene rings is 2. The van der Waals surface area contributed by atoms with Crippen molar-refractivity contribution in [3.05, 3.63) is 69.7 Å². The van der Waals surface area contributed by atoms with Crippen LogP contribution < -0.4 is 0 Å². The van der Waals surface area contributed by atoms with Gasteiger partial charge >= 0.3 is 0 Å². The summed E-state index contributed by atoms with van der Waals surface area (Å²) in [5, 5.41) is 0.881. The number of hydrogen-bond acceptors (Lipinski definition) is 2. The number of amides is 1. The van der Waals surface area contributed by atoms with E-state index in [1.807, 2.05) is 0 Å². The molecule has 2 aromatic carbocycles. The Morgan fingerprint density at radius 3 is 2.58 bits per heavy atom. The van der Waals surface area contributed by atoms with Gasteiger partial charge in [0.25, 0.3) is 0 Å². The SMILES string of the molecule is O=C(C1CCC1)N1Cc2ccccc2C2(CCN(Cc3ccc(CI)c(Cl)c3)CC2)C1. The van der Waals surface area contributed by atoms with E-state index in [1.54, 1.807) is 0 Å². The van der Waals surface area contributed by atoms with E-state index in [9.17, 15) is 4.79 Å². The van der Waals surface area contributed by atoms with Crippen LogP contribution in [0.4, 0.5) is 0 Å². The maximum atomic E-state index is 13.1. The zero-order valence-electron chi connectivity index (χ0n) is 18.0. The number of hydrogen-bond donors (Lipinski definition) is 0. The number of nitrogens with zero attached hydrogens (tertiary/aromatic N) is 2. The molecule has 1 amide bonds. The first-order chi connectivity index (χ1) is 15.1. The first kappa shape index (κ1) is 21.7. The van der Waals surface area contributed by atoms with Crippen LogP contribution in [0.25, 0.3) is 0 Å². The molecule has 0 bridgehead atoms. The van der Waals surface area contributed by atoms with E-state index in [1.165, 1.54) is 28.7 Å². The Bertz CT molecular complexity index is 966. The van der Waals surface area contributed by atoms with E-state index in [4.69, 9.17) is 11.6 Å². The molecular weight excluding hydrogens is 519 g/mol. The van der Waals surface area contributed by atoms with Crippen LogP contribution in [0.3, 0.4) is 0 Å². The van der Waals surface area contributed by atoms with Crippen molar-refractivity contribution in [1.29, 1.82) is 0 Å². The summed E-state index contributed by atoms with van der Waals surface area (Å²) in [6.07, 6.45) is 5.59. The molecule has 5 heteroatoms. The lowest BCUT2D eigenvalue weighted by atomic mass is 9.68. The van der Waals surface area contributed by atoms with Crippen molar-refractivity contribution in [1.82, 2.24) is 9.80 Å². The van der Waals surface area contributed by atoms with E-state index in [0.717, 1.165) is 67.9 Å². The molecule has 5 rings (SSSR count). The number of carbonyl (C=O) groups is 1. The second-order valence-corrected chi connectivity index (χ2v) is 10.8. The van der Waals surface area contributed by atoms with E-state index < -0.39 is 0 Å². The highest BCUT2D eigenvalue weighted by molar-refractivity contribution is 14.1. The molecule has 0 aromatic heterocycles. The van der Waals surface area contributed by atoms with Crippen LogP contribution in [0.2, 0.25) is 5.02 Å².